The van der Waals surface area contributed by atoms with Gasteiger partial charge in [0.15, 0.2) is 0 Å². The molecule has 1 aromatic rings. The van der Waals surface area contributed by atoms with Gasteiger partial charge in [0.2, 0.25) is 11.6 Å². The third kappa shape index (κ3) is 2.70. The minimum absolute atomic E-state index is 0.0796. The van der Waals surface area contributed by atoms with Crippen molar-refractivity contribution in [1.29, 1.82) is 0 Å². The Kier molecular flexibility index (Phi) is 4.04. The highest BCUT2D eigenvalue weighted by atomic mass is 16.6. The van der Waals surface area contributed by atoms with Crippen LogP contribution in [0.4, 0.5) is 11.6 Å². The first kappa shape index (κ1) is 13.8. The van der Waals surface area contributed by atoms with Gasteiger partial charge in [0.05, 0.1) is 0 Å². The van der Waals surface area contributed by atoms with E-state index in [1.165, 1.54) is 12.8 Å². The van der Waals surface area contributed by atoms with Gasteiger partial charge in [0, 0.05) is 26.6 Å². The first-order valence-corrected chi connectivity index (χ1v) is 6.69. The van der Waals surface area contributed by atoms with Crippen LogP contribution in [0.1, 0.15) is 31.5 Å². The van der Waals surface area contributed by atoms with E-state index in [1.807, 2.05) is 0 Å². The molecular weight excluding hydrogens is 246 g/mol. The number of nitrogens with zero attached hydrogens (tertiary/aromatic N) is 3. The van der Waals surface area contributed by atoms with E-state index in [4.69, 9.17) is 5.73 Å². The van der Waals surface area contributed by atoms with Crippen LogP contribution in [0.2, 0.25) is 0 Å². The second-order valence-electron chi connectivity index (χ2n) is 5.18. The van der Waals surface area contributed by atoms with Gasteiger partial charge in [-0.05, 0) is 28.7 Å². The Morgan fingerprint density at radius 3 is 2.74 bits per heavy atom. The summed E-state index contributed by atoms with van der Waals surface area (Å²) in [7, 11) is 1.78. The summed E-state index contributed by atoms with van der Waals surface area (Å²) in [5.74, 6) is 1.47. The number of aromatic nitrogens is 2. The molecule has 0 saturated heterocycles. The lowest BCUT2D eigenvalue weighted by atomic mass is 9.98. The highest BCUT2D eigenvalue weighted by Crippen LogP contribution is 2.31. The van der Waals surface area contributed by atoms with Crippen LogP contribution in [-0.2, 0) is 7.05 Å². The second-order valence-corrected chi connectivity index (χ2v) is 5.18. The molecule has 1 fully saturated rings. The molecule has 0 amide bonds. The SMILES string of the molecule is Cc1nc([N+](=O)[O-])c(NC(CN)C2CCCC2)n1C. The molecule has 1 aliphatic rings. The van der Waals surface area contributed by atoms with Crippen molar-refractivity contribution in [2.24, 2.45) is 18.7 Å². The predicted octanol–water partition coefficient (Wildman–Crippen LogP) is 1.57. The Bertz CT molecular complexity index is 465. The molecule has 1 aliphatic carbocycles. The number of nitro groups is 1. The molecule has 2 rings (SSSR count). The molecule has 0 radical (unpaired) electrons. The highest BCUT2D eigenvalue weighted by Gasteiger charge is 2.29. The van der Waals surface area contributed by atoms with Crippen molar-refractivity contribution in [1.82, 2.24) is 9.55 Å². The molecule has 0 bridgehead atoms. The third-order valence-electron chi connectivity index (χ3n) is 4.02. The van der Waals surface area contributed by atoms with Gasteiger partial charge >= 0.3 is 5.82 Å². The second kappa shape index (κ2) is 5.56. The van der Waals surface area contributed by atoms with E-state index in [1.54, 1.807) is 18.5 Å². The van der Waals surface area contributed by atoms with Gasteiger partial charge in [-0.3, -0.25) is 4.57 Å². The van der Waals surface area contributed by atoms with Crippen molar-refractivity contribution >= 4 is 11.6 Å². The Morgan fingerprint density at radius 1 is 1.58 bits per heavy atom. The average Bonchev–Trinajstić information content (AvgIpc) is 2.98. The number of aryl methyl sites for hydroxylation is 1. The molecule has 7 nitrogen and oxygen atoms in total. The van der Waals surface area contributed by atoms with E-state index in [0.717, 1.165) is 12.8 Å². The first-order valence-electron chi connectivity index (χ1n) is 6.69. The Balaban J connectivity index is 2.23. The predicted molar refractivity (Wildman–Crippen MR) is 73.0 cm³/mol. The number of hydrogen-bond donors (Lipinski definition) is 2. The fraction of sp³-hybridized carbons (Fsp3) is 0.750. The number of hydrogen-bond acceptors (Lipinski definition) is 5. The Labute approximate surface area is 112 Å². The number of nitrogens with two attached hydrogens (primary N) is 1. The van der Waals surface area contributed by atoms with Crippen LogP contribution in [0.15, 0.2) is 0 Å². The molecule has 1 unspecified atom stereocenters. The maximum absolute atomic E-state index is 11.0. The van der Waals surface area contributed by atoms with Gasteiger partial charge in [0.1, 0.15) is 0 Å². The van der Waals surface area contributed by atoms with Crippen LogP contribution < -0.4 is 11.1 Å². The zero-order valence-corrected chi connectivity index (χ0v) is 11.4. The van der Waals surface area contributed by atoms with Crippen LogP contribution in [0, 0.1) is 23.0 Å². The van der Waals surface area contributed by atoms with Crippen molar-refractivity contribution in [2.45, 2.75) is 38.6 Å². The molecule has 0 aromatic carbocycles. The van der Waals surface area contributed by atoms with Crippen LogP contribution in [0.5, 0.6) is 0 Å². The summed E-state index contributed by atoms with van der Waals surface area (Å²) < 4.78 is 1.72. The monoisotopic (exact) mass is 267 g/mol. The smallest absolute Gasteiger partial charge is 0.360 e. The summed E-state index contributed by atoms with van der Waals surface area (Å²) in [5, 5.41) is 14.3. The van der Waals surface area contributed by atoms with Crippen molar-refractivity contribution in [2.75, 3.05) is 11.9 Å². The molecule has 3 N–H and O–H groups in total. The van der Waals surface area contributed by atoms with Crippen LogP contribution in [0.3, 0.4) is 0 Å². The van der Waals surface area contributed by atoms with E-state index < -0.39 is 4.92 Å². The van der Waals surface area contributed by atoms with E-state index >= 15 is 0 Å². The quantitative estimate of drug-likeness (QED) is 0.623. The lowest BCUT2D eigenvalue weighted by Crippen LogP contribution is -2.36. The molecule has 1 aromatic heterocycles. The molecular formula is C12H21N5O2. The van der Waals surface area contributed by atoms with Crippen molar-refractivity contribution in [3.05, 3.63) is 15.9 Å². The molecule has 1 saturated carbocycles. The summed E-state index contributed by atoms with van der Waals surface area (Å²) in [6.45, 7) is 2.23. The Morgan fingerprint density at radius 2 is 2.21 bits per heavy atom. The number of anilines is 1. The lowest BCUT2D eigenvalue weighted by Gasteiger charge is -2.23. The standard InChI is InChI=1S/C12H21N5O2/c1-8-14-12(17(18)19)11(16(8)2)15-10(7-13)9-5-3-4-6-9/h9-10,15H,3-7,13H2,1-2H3. The van der Waals surface area contributed by atoms with E-state index in [2.05, 4.69) is 10.3 Å². The molecule has 106 valence electrons. The fourth-order valence-electron chi connectivity index (χ4n) is 2.79. The van der Waals surface area contributed by atoms with Gasteiger partial charge < -0.3 is 21.2 Å². The van der Waals surface area contributed by atoms with Gasteiger partial charge in [-0.2, -0.15) is 0 Å². The summed E-state index contributed by atoms with van der Waals surface area (Å²) in [6.07, 6.45) is 4.71. The van der Waals surface area contributed by atoms with Gasteiger partial charge in [-0.15, -0.1) is 0 Å². The summed E-state index contributed by atoms with van der Waals surface area (Å²) in [4.78, 5) is 14.6. The zero-order chi connectivity index (χ0) is 14.0. The molecule has 1 atom stereocenters. The largest absolute Gasteiger partial charge is 0.406 e. The zero-order valence-electron chi connectivity index (χ0n) is 11.4. The average molecular weight is 267 g/mol. The van der Waals surface area contributed by atoms with Gasteiger partial charge in [-0.1, -0.05) is 12.8 Å². The maximum Gasteiger partial charge on any atom is 0.406 e. The minimum atomic E-state index is -0.447. The first-order chi connectivity index (χ1) is 9.04. The molecule has 1 heterocycles. The molecule has 19 heavy (non-hydrogen) atoms. The maximum atomic E-state index is 11.0. The van der Waals surface area contributed by atoms with E-state index in [-0.39, 0.29) is 11.9 Å². The molecule has 0 aliphatic heterocycles. The number of nitrogens with one attached hydrogen (secondary N) is 1. The highest BCUT2D eigenvalue weighted by molar-refractivity contribution is 5.54. The van der Waals surface area contributed by atoms with Crippen molar-refractivity contribution < 1.29 is 4.92 Å². The summed E-state index contributed by atoms with van der Waals surface area (Å²) in [5.41, 5.74) is 5.82. The van der Waals surface area contributed by atoms with Crippen LogP contribution in [0.25, 0.3) is 0 Å². The summed E-state index contributed by atoms with van der Waals surface area (Å²) >= 11 is 0. The third-order valence-corrected chi connectivity index (χ3v) is 4.02. The number of rotatable bonds is 5. The van der Waals surface area contributed by atoms with Crippen molar-refractivity contribution in [3.63, 3.8) is 0 Å². The normalized spacial score (nSPS) is 17.6. The molecule has 0 spiro atoms. The van der Waals surface area contributed by atoms with Crippen molar-refractivity contribution in [3.8, 4) is 0 Å². The summed E-state index contributed by atoms with van der Waals surface area (Å²) in [6, 6.07) is 0.0796. The fourth-order valence-corrected chi connectivity index (χ4v) is 2.79. The molecule has 7 heteroatoms. The van der Waals surface area contributed by atoms with E-state index in [9.17, 15) is 10.1 Å². The Hall–Kier alpha value is -1.63. The number of imidazole rings is 1. The van der Waals surface area contributed by atoms with Crippen LogP contribution in [-0.4, -0.2) is 27.1 Å². The van der Waals surface area contributed by atoms with Gasteiger partial charge in [-0.25, -0.2) is 0 Å². The lowest BCUT2D eigenvalue weighted by molar-refractivity contribution is -0.388. The topological polar surface area (TPSA) is 99.0 Å². The minimum Gasteiger partial charge on any atom is -0.360 e. The van der Waals surface area contributed by atoms with Gasteiger partial charge in [0.25, 0.3) is 0 Å². The van der Waals surface area contributed by atoms with Crippen LogP contribution >= 0.6 is 0 Å². The van der Waals surface area contributed by atoms with E-state index in [0.29, 0.717) is 24.1 Å².